The highest BCUT2D eigenvalue weighted by Crippen LogP contribution is 2.60. The number of carbonyl (C=O) groups excluding carboxylic acids is 1. The van der Waals surface area contributed by atoms with Gasteiger partial charge in [-0.1, -0.05) is 36.4 Å². The fourth-order valence-electron chi connectivity index (χ4n) is 2.02. The zero-order valence-electron chi connectivity index (χ0n) is 15.8. The maximum absolute atomic E-state index is 13.6. The zero-order chi connectivity index (χ0) is 26.1. The smallest absolute Gasteiger partial charge is 0.266 e. The average Bonchev–Trinajstić information content (AvgIpc) is 2.67. The van der Waals surface area contributed by atoms with Crippen LogP contribution in [0.4, 0.5) is 57.1 Å². The van der Waals surface area contributed by atoms with E-state index >= 15 is 0 Å². The van der Waals surface area contributed by atoms with E-state index in [0.29, 0.717) is 17.2 Å². The molecule has 186 valence electrons. The largest absolute Gasteiger partial charge is 0.460 e. The van der Waals surface area contributed by atoms with Gasteiger partial charge in [-0.2, -0.15) is 62.2 Å². The van der Waals surface area contributed by atoms with Gasteiger partial charge in [-0.15, -0.1) is 0 Å². The van der Waals surface area contributed by atoms with Gasteiger partial charge < -0.3 is 0 Å². The minimum atomic E-state index is -8.08. The monoisotopic (exact) mass is 506 g/mol. The maximum atomic E-state index is 13.6. The van der Waals surface area contributed by atoms with Crippen LogP contribution in [-0.4, -0.2) is 47.9 Å². The predicted octanol–water partition coefficient (Wildman–Crippen LogP) is 5.93. The van der Waals surface area contributed by atoms with Crippen LogP contribution >= 0.6 is 0 Å². The molecule has 0 unspecified atom stereocenters. The molecular weight excluding hydrogens is 495 g/mol. The van der Waals surface area contributed by atoms with E-state index in [0.717, 1.165) is 0 Å². The molecule has 3 nitrogen and oxygen atoms in total. The van der Waals surface area contributed by atoms with E-state index < -0.39 is 41.7 Å². The SMILES string of the molecule is CC(C=NNC(=O)C(F)(F)C(F)(F)C(F)(F)C(F)(F)C(F)(F)C(F)(F)F)=Cc1ccccc1. The molecule has 0 fully saturated rings. The van der Waals surface area contributed by atoms with Crippen molar-refractivity contribution < 1.29 is 61.9 Å². The van der Waals surface area contributed by atoms with Crippen molar-refractivity contribution in [1.29, 1.82) is 0 Å². The minimum Gasteiger partial charge on any atom is -0.266 e. The molecule has 0 spiro atoms. The second-order valence-corrected chi connectivity index (χ2v) is 6.37. The number of hydrogen-bond donors (Lipinski definition) is 1. The fourth-order valence-corrected chi connectivity index (χ4v) is 2.02. The van der Waals surface area contributed by atoms with Gasteiger partial charge in [0.25, 0.3) is 0 Å². The lowest BCUT2D eigenvalue weighted by Gasteiger charge is -2.38. The second-order valence-electron chi connectivity index (χ2n) is 6.37. The van der Waals surface area contributed by atoms with Crippen molar-refractivity contribution in [3.63, 3.8) is 0 Å². The topological polar surface area (TPSA) is 41.5 Å². The van der Waals surface area contributed by atoms with Gasteiger partial charge in [0.15, 0.2) is 0 Å². The van der Waals surface area contributed by atoms with Crippen molar-refractivity contribution in [2.24, 2.45) is 5.10 Å². The van der Waals surface area contributed by atoms with Crippen LogP contribution in [0.5, 0.6) is 0 Å². The Morgan fingerprint density at radius 1 is 0.758 bits per heavy atom. The van der Waals surface area contributed by atoms with Crippen LogP contribution in [0.2, 0.25) is 0 Å². The van der Waals surface area contributed by atoms with Crippen LogP contribution in [0.3, 0.4) is 0 Å². The third-order valence-corrected chi connectivity index (χ3v) is 3.85. The summed E-state index contributed by atoms with van der Waals surface area (Å²) in [6, 6.07) is 7.82. The highest BCUT2D eigenvalue weighted by atomic mass is 19.4. The summed E-state index contributed by atoms with van der Waals surface area (Å²) in [6.45, 7) is 1.24. The molecular formula is C17H11F13N2O. The van der Waals surface area contributed by atoms with Crippen molar-refractivity contribution in [2.75, 3.05) is 0 Å². The lowest BCUT2D eigenvalue weighted by atomic mass is 9.93. The van der Waals surface area contributed by atoms with E-state index in [1.807, 2.05) is 0 Å². The molecule has 0 saturated carbocycles. The van der Waals surface area contributed by atoms with Crippen LogP contribution in [0.25, 0.3) is 6.08 Å². The van der Waals surface area contributed by atoms with E-state index in [4.69, 9.17) is 0 Å². The molecule has 0 atom stereocenters. The van der Waals surface area contributed by atoms with Crippen LogP contribution in [0, 0.1) is 0 Å². The number of rotatable bonds is 8. The van der Waals surface area contributed by atoms with Crippen molar-refractivity contribution in [3.05, 3.63) is 41.5 Å². The lowest BCUT2D eigenvalue weighted by molar-refractivity contribution is -0.436. The number of carbonyl (C=O) groups is 1. The first kappa shape index (κ1) is 28.2. The molecule has 1 amide bonds. The number of nitrogens with zero attached hydrogens (tertiary/aromatic N) is 1. The van der Waals surface area contributed by atoms with Crippen molar-refractivity contribution >= 4 is 18.2 Å². The number of halogens is 13. The molecule has 1 aromatic carbocycles. The highest BCUT2D eigenvalue weighted by molar-refractivity contribution is 5.88. The van der Waals surface area contributed by atoms with Crippen LogP contribution in [0.15, 0.2) is 41.0 Å². The summed E-state index contributed by atoms with van der Waals surface area (Å²) >= 11 is 0. The van der Waals surface area contributed by atoms with Crippen LogP contribution in [-0.2, 0) is 4.79 Å². The Morgan fingerprint density at radius 2 is 1.21 bits per heavy atom. The average molecular weight is 506 g/mol. The Morgan fingerprint density at radius 3 is 1.67 bits per heavy atom. The summed E-state index contributed by atoms with van der Waals surface area (Å²) in [7, 11) is 0. The standard InChI is InChI=1S/C17H11F13N2O/c1-9(7-10-5-3-2-4-6-10)8-31-32-11(33)12(18,19)13(20,21)14(22,23)15(24,25)16(26,27)17(28,29)30/h2-8H,1H3,(H,32,33). The van der Waals surface area contributed by atoms with Gasteiger partial charge in [0.2, 0.25) is 0 Å². The van der Waals surface area contributed by atoms with E-state index in [9.17, 15) is 61.9 Å². The van der Waals surface area contributed by atoms with Crippen molar-refractivity contribution in [3.8, 4) is 0 Å². The van der Waals surface area contributed by atoms with Gasteiger partial charge in [0, 0.05) is 0 Å². The summed E-state index contributed by atoms with van der Waals surface area (Å²) < 4.78 is 169. The van der Waals surface area contributed by atoms with Gasteiger partial charge in [-0.3, -0.25) is 4.79 Å². The van der Waals surface area contributed by atoms with Gasteiger partial charge >= 0.3 is 41.7 Å². The van der Waals surface area contributed by atoms with Crippen molar-refractivity contribution in [1.82, 2.24) is 5.43 Å². The molecule has 1 rings (SSSR count). The highest BCUT2D eigenvalue weighted by Gasteiger charge is 2.91. The summed E-state index contributed by atoms with van der Waals surface area (Å²) in [4.78, 5) is 11.2. The molecule has 0 bridgehead atoms. The minimum absolute atomic E-state index is 0.0539. The first-order valence-electron chi connectivity index (χ1n) is 8.17. The van der Waals surface area contributed by atoms with Gasteiger partial charge in [-0.05, 0) is 18.1 Å². The Bertz CT molecular complexity index is 905. The zero-order valence-corrected chi connectivity index (χ0v) is 15.8. The Hall–Kier alpha value is -2.81. The molecule has 0 aliphatic carbocycles. The molecule has 16 heteroatoms. The number of amides is 1. The quantitative estimate of drug-likeness (QED) is 0.265. The van der Waals surface area contributed by atoms with Crippen LogP contribution in [0.1, 0.15) is 12.5 Å². The number of hydrogen-bond acceptors (Lipinski definition) is 2. The van der Waals surface area contributed by atoms with Gasteiger partial charge in [0.1, 0.15) is 0 Å². The molecule has 0 aliphatic heterocycles. The third kappa shape index (κ3) is 4.93. The number of allylic oxidation sites excluding steroid dienone is 1. The van der Waals surface area contributed by atoms with Crippen LogP contribution < -0.4 is 5.43 Å². The number of hydrazone groups is 1. The molecule has 0 aromatic heterocycles. The summed E-state index contributed by atoms with van der Waals surface area (Å²) in [5.41, 5.74) is 1.16. The van der Waals surface area contributed by atoms with E-state index in [1.165, 1.54) is 25.1 Å². The van der Waals surface area contributed by atoms with E-state index in [-0.39, 0.29) is 5.57 Å². The van der Waals surface area contributed by atoms with E-state index in [1.54, 1.807) is 18.2 Å². The molecule has 0 saturated heterocycles. The number of benzene rings is 1. The summed E-state index contributed by atoms with van der Waals surface area (Å²) in [6.07, 6.45) is -5.69. The molecule has 33 heavy (non-hydrogen) atoms. The molecule has 1 N–H and O–H groups in total. The predicted molar refractivity (Wildman–Crippen MR) is 87.5 cm³/mol. The third-order valence-electron chi connectivity index (χ3n) is 3.85. The maximum Gasteiger partial charge on any atom is 0.460 e. The first-order valence-corrected chi connectivity index (χ1v) is 8.17. The molecule has 0 heterocycles. The summed E-state index contributed by atoms with van der Waals surface area (Å²) in [5.74, 6) is -42.1. The normalized spacial score (nSPS) is 15.2. The molecule has 0 radical (unpaired) electrons. The Kier molecular flexibility index (Phi) is 7.57. The fraction of sp³-hybridized carbons (Fsp3) is 0.412. The summed E-state index contributed by atoms with van der Waals surface area (Å²) in [5, 5.41) is 2.71. The first-order chi connectivity index (χ1) is 14.6. The molecule has 0 aliphatic rings. The number of alkyl halides is 13. The van der Waals surface area contributed by atoms with Gasteiger partial charge in [-0.25, -0.2) is 5.43 Å². The lowest BCUT2D eigenvalue weighted by Crippen LogP contribution is -2.71. The second kappa shape index (κ2) is 8.85. The number of nitrogens with one attached hydrogen (secondary N) is 1. The molecule has 1 aromatic rings. The Labute approximate surface area is 175 Å². The van der Waals surface area contributed by atoms with Gasteiger partial charge in [0.05, 0.1) is 6.21 Å². The van der Waals surface area contributed by atoms with Crippen molar-refractivity contribution in [2.45, 2.75) is 42.7 Å². The van der Waals surface area contributed by atoms with E-state index in [2.05, 4.69) is 5.10 Å². The Balaban J connectivity index is 3.18.